The molecule has 7 nitrogen and oxygen atoms in total. The van der Waals surface area contributed by atoms with E-state index in [1.807, 2.05) is 58.3 Å². The van der Waals surface area contributed by atoms with Gasteiger partial charge in [0.05, 0.1) is 22.5 Å². The maximum Gasteiger partial charge on any atom is 0.226 e. The molecule has 0 fully saturated rings. The number of anilines is 2. The van der Waals surface area contributed by atoms with Crippen LogP contribution in [0.4, 0.5) is 20.2 Å². The molecule has 0 amide bonds. The Morgan fingerprint density at radius 1 is 0.538 bits per heavy atom. The third-order valence-electron chi connectivity index (χ3n) is 9.34. The molecule has 52 heavy (non-hydrogen) atoms. The van der Waals surface area contributed by atoms with E-state index in [-0.39, 0.29) is 22.5 Å². The molecule has 0 radical (unpaired) electrons. The summed E-state index contributed by atoms with van der Waals surface area (Å²) in [7, 11) is 0. The van der Waals surface area contributed by atoms with Gasteiger partial charge >= 0.3 is 0 Å². The molecule has 9 heteroatoms. The second kappa shape index (κ2) is 14.3. The van der Waals surface area contributed by atoms with Gasteiger partial charge in [0.15, 0.2) is 0 Å². The second-order valence-electron chi connectivity index (χ2n) is 12.5. The molecule has 2 aliphatic rings. The number of fused-ring (bicyclic) bond motifs is 2. The number of pyridine rings is 4. The average molecular weight is 685 g/mol. The monoisotopic (exact) mass is 684 g/mol. The van der Waals surface area contributed by atoms with Gasteiger partial charge in [-0.2, -0.15) is 8.78 Å². The lowest BCUT2D eigenvalue weighted by atomic mass is 9.93. The first-order valence-corrected chi connectivity index (χ1v) is 16.9. The largest absolute Gasteiger partial charge is 0.365 e. The number of aromatic nitrogens is 4. The van der Waals surface area contributed by atoms with Crippen LogP contribution in [0.25, 0.3) is 0 Å². The van der Waals surface area contributed by atoms with Gasteiger partial charge in [-0.3, -0.25) is 4.79 Å². The molecule has 252 valence electrons. The van der Waals surface area contributed by atoms with E-state index in [0.717, 1.165) is 11.1 Å². The predicted octanol–water partition coefficient (Wildman–Crippen LogP) is 6.70. The van der Waals surface area contributed by atoms with Crippen LogP contribution in [0.15, 0.2) is 110 Å². The summed E-state index contributed by atoms with van der Waals surface area (Å²) < 4.78 is 32.7. The summed E-state index contributed by atoms with van der Waals surface area (Å²) in [5.41, 5.74) is 5.81. The van der Waals surface area contributed by atoms with Crippen molar-refractivity contribution in [3.63, 3.8) is 0 Å². The maximum atomic E-state index is 16.3. The number of carbonyl (C=O) groups excluding carboxylic acids is 1. The summed E-state index contributed by atoms with van der Waals surface area (Å²) in [5, 5.41) is 0. The fraction of sp³-hybridized carbons (Fsp3) is 0.140. The van der Waals surface area contributed by atoms with Crippen LogP contribution in [0.3, 0.4) is 0 Å². The van der Waals surface area contributed by atoms with E-state index >= 15 is 13.6 Å². The molecule has 0 saturated heterocycles. The molecule has 2 aromatic carbocycles. The van der Waals surface area contributed by atoms with Crippen molar-refractivity contribution in [2.24, 2.45) is 0 Å². The molecular formula is C43H30F2N6O. The summed E-state index contributed by atoms with van der Waals surface area (Å²) in [5.74, 6) is 9.31. The first-order chi connectivity index (χ1) is 25.5. The molecule has 0 N–H and O–H groups in total. The van der Waals surface area contributed by atoms with E-state index in [9.17, 15) is 0 Å². The van der Waals surface area contributed by atoms with Crippen molar-refractivity contribution in [3.05, 3.63) is 178 Å². The normalized spacial score (nSPS) is 13.2. The van der Waals surface area contributed by atoms with E-state index in [0.29, 0.717) is 61.5 Å². The molecule has 0 spiro atoms. The Morgan fingerprint density at radius 2 is 0.962 bits per heavy atom. The molecule has 0 bridgehead atoms. The fourth-order valence-electron chi connectivity index (χ4n) is 6.84. The van der Waals surface area contributed by atoms with E-state index in [4.69, 9.17) is 0 Å². The lowest BCUT2D eigenvalue weighted by Crippen LogP contribution is -2.34. The molecule has 0 aliphatic carbocycles. The first kappa shape index (κ1) is 32.5. The average Bonchev–Trinajstić information content (AvgIpc) is 3.19. The van der Waals surface area contributed by atoms with Gasteiger partial charge in [0.1, 0.15) is 22.5 Å². The van der Waals surface area contributed by atoms with Gasteiger partial charge in [0, 0.05) is 51.0 Å². The van der Waals surface area contributed by atoms with Gasteiger partial charge in [0.2, 0.25) is 17.7 Å². The van der Waals surface area contributed by atoms with Crippen molar-refractivity contribution < 1.29 is 13.6 Å². The Labute approximate surface area is 300 Å². The zero-order chi connectivity index (χ0) is 35.4. The van der Waals surface area contributed by atoms with Crippen molar-refractivity contribution in [3.8, 4) is 23.7 Å². The number of nitrogens with zero attached hydrogens (tertiary/aromatic N) is 6. The van der Waals surface area contributed by atoms with Crippen LogP contribution in [-0.2, 0) is 25.9 Å². The highest BCUT2D eigenvalue weighted by molar-refractivity contribution is 6.16. The predicted molar refractivity (Wildman–Crippen MR) is 195 cm³/mol. The Balaban J connectivity index is 1.32. The standard InChI is InChI=1S/C43H30F2N6O/c44-42-37(39(50-23-19-29-9-1-3-11-33(29)27-50)31(25-48-42)15-17-35-13-5-7-21-46-35)41(52)38-40(51-24-20-30-10-2-4-12-34(30)28-51)32(26-49-43(38)45)16-18-36-14-6-8-22-47-36/h1-14,21-22,25-26H,19-20,23-24,27-28H2. The van der Waals surface area contributed by atoms with Crippen molar-refractivity contribution >= 4 is 17.2 Å². The first-order valence-electron chi connectivity index (χ1n) is 16.9. The van der Waals surface area contributed by atoms with E-state index < -0.39 is 17.7 Å². The summed E-state index contributed by atoms with van der Waals surface area (Å²) in [6, 6.07) is 26.7. The van der Waals surface area contributed by atoms with Crippen molar-refractivity contribution in [1.29, 1.82) is 0 Å². The Morgan fingerprint density at radius 3 is 1.38 bits per heavy atom. The van der Waals surface area contributed by atoms with Gasteiger partial charge in [0.25, 0.3) is 0 Å². The zero-order valence-electron chi connectivity index (χ0n) is 28.0. The number of hydrogen-bond donors (Lipinski definition) is 0. The van der Waals surface area contributed by atoms with Crippen LogP contribution in [0.5, 0.6) is 0 Å². The molecule has 0 unspecified atom stereocenters. The molecule has 6 aromatic rings. The minimum absolute atomic E-state index is 0.245. The van der Waals surface area contributed by atoms with E-state index in [1.54, 1.807) is 36.7 Å². The fourth-order valence-corrected chi connectivity index (χ4v) is 6.84. The summed E-state index contributed by atoms with van der Waals surface area (Å²) in [4.78, 5) is 35.5. The molecule has 0 saturated carbocycles. The smallest absolute Gasteiger partial charge is 0.226 e. The van der Waals surface area contributed by atoms with Crippen LogP contribution in [-0.4, -0.2) is 38.8 Å². The van der Waals surface area contributed by atoms with Gasteiger partial charge in [-0.15, -0.1) is 0 Å². The minimum Gasteiger partial charge on any atom is -0.365 e. The highest BCUT2D eigenvalue weighted by Crippen LogP contribution is 2.37. The lowest BCUT2D eigenvalue weighted by Gasteiger charge is -2.34. The van der Waals surface area contributed by atoms with Crippen molar-refractivity contribution in [2.45, 2.75) is 25.9 Å². The third-order valence-corrected chi connectivity index (χ3v) is 9.34. The Kier molecular flexibility index (Phi) is 8.91. The molecular weight excluding hydrogens is 655 g/mol. The molecule has 4 aromatic heterocycles. The number of rotatable bonds is 4. The van der Waals surface area contributed by atoms with Crippen LogP contribution >= 0.6 is 0 Å². The van der Waals surface area contributed by atoms with Crippen molar-refractivity contribution in [1.82, 2.24) is 19.9 Å². The number of carbonyl (C=O) groups is 1. The van der Waals surface area contributed by atoms with Crippen LogP contribution in [0.2, 0.25) is 0 Å². The van der Waals surface area contributed by atoms with Gasteiger partial charge < -0.3 is 9.80 Å². The van der Waals surface area contributed by atoms with Gasteiger partial charge in [-0.25, -0.2) is 19.9 Å². The molecule has 8 rings (SSSR count). The Hall–Kier alpha value is -6.71. The highest BCUT2D eigenvalue weighted by atomic mass is 19.1. The van der Waals surface area contributed by atoms with Crippen molar-refractivity contribution in [2.75, 3.05) is 22.9 Å². The molecule has 2 aliphatic heterocycles. The Bertz CT molecular complexity index is 2280. The highest BCUT2D eigenvalue weighted by Gasteiger charge is 2.34. The molecule has 6 heterocycles. The van der Waals surface area contributed by atoms with Crippen LogP contribution in [0.1, 0.15) is 60.7 Å². The number of ketones is 1. The number of benzene rings is 2. The minimum atomic E-state index is -1.03. The van der Waals surface area contributed by atoms with Crippen LogP contribution in [0, 0.1) is 35.6 Å². The topological polar surface area (TPSA) is 75.1 Å². The quantitative estimate of drug-likeness (QED) is 0.116. The van der Waals surface area contributed by atoms with Crippen LogP contribution < -0.4 is 9.80 Å². The maximum absolute atomic E-state index is 16.3. The summed E-state index contributed by atoms with van der Waals surface area (Å²) in [6.45, 7) is 1.74. The number of hydrogen-bond acceptors (Lipinski definition) is 7. The van der Waals surface area contributed by atoms with E-state index in [1.165, 1.54) is 23.5 Å². The summed E-state index contributed by atoms with van der Waals surface area (Å²) in [6.07, 6.45) is 7.23. The summed E-state index contributed by atoms with van der Waals surface area (Å²) >= 11 is 0. The second-order valence-corrected chi connectivity index (χ2v) is 12.5. The van der Waals surface area contributed by atoms with Gasteiger partial charge in [-0.1, -0.05) is 72.5 Å². The number of halogens is 2. The molecule has 0 atom stereocenters. The van der Waals surface area contributed by atoms with Gasteiger partial charge in [-0.05, 0) is 71.2 Å². The lowest BCUT2D eigenvalue weighted by molar-refractivity contribution is 0.103. The zero-order valence-corrected chi connectivity index (χ0v) is 28.0. The van der Waals surface area contributed by atoms with E-state index in [2.05, 4.69) is 55.8 Å². The third kappa shape index (κ3) is 6.48. The SMILES string of the molecule is O=C(c1c(F)ncc(C#Cc2ccccn2)c1N1CCc2ccccc2C1)c1c(F)ncc(C#Cc2ccccn2)c1N1CCc2ccccc2C1.